The topological polar surface area (TPSA) is 33.1 Å². The number of aromatic hydroxyl groups is 1. The number of aromatic nitrogens is 1. The minimum absolute atomic E-state index is 0.338. The molecular weight excluding hydrogens is 174 g/mol. The molecule has 0 radical (unpaired) electrons. The van der Waals surface area contributed by atoms with E-state index in [9.17, 15) is 5.11 Å². The fraction of sp³-hybridized carbons (Fsp3) is 0.250. The van der Waals surface area contributed by atoms with E-state index < -0.39 is 0 Å². The molecule has 0 amide bonds. The smallest absolute Gasteiger partial charge is 0.125 e. The maximum absolute atomic E-state index is 9.82. The van der Waals surface area contributed by atoms with Gasteiger partial charge in [-0.25, -0.2) is 0 Å². The Balaban J connectivity index is 2.87. The van der Waals surface area contributed by atoms with Gasteiger partial charge in [0.15, 0.2) is 0 Å². The van der Waals surface area contributed by atoms with Gasteiger partial charge < -0.3 is 5.11 Å². The first-order valence-electron chi connectivity index (χ1n) is 4.79. The lowest BCUT2D eigenvalue weighted by molar-refractivity contribution is 0.480. The van der Waals surface area contributed by atoms with Crippen LogP contribution in [0.5, 0.6) is 5.75 Å². The van der Waals surface area contributed by atoms with Crippen LogP contribution < -0.4 is 0 Å². The largest absolute Gasteiger partial charge is 0.507 e. The maximum atomic E-state index is 9.82. The van der Waals surface area contributed by atoms with Gasteiger partial charge in [-0.05, 0) is 36.4 Å². The number of rotatable bonds is 1. The van der Waals surface area contributed by atoms with E-state index >= 15 is 0 Å². The highest BCUT2D eigenvalue weighted by Gasteiger charge is 2.05. The van der Waals surface area contributed by atoms with Crippen LogP contribution in [0.1, 0.15) is 18.2 Å². The van der Waals surface area contributed by atoms with Crippen molar-refractivity contribution in [3.8, 4) is 5.75 Å². The molecule has 2 rings (SSSR count). The summed E-state index contributed by atoms with van der Waals surface area (Å²) >= 11 is 0. The molecule has 0 aliphatic heterocycles. The molecular formula is C12H13NO. The Morgan fingerprint density at radius 2 is 2.14 bits per heavy atom. The summed E-state index contributed by atoms with van der Waals surface area (Å²) in [7, 11) is 0. The van der Waals surface area contributed by atoms with Gasteiger partial charge in [-0.1, -0.05) is 13.0 Å². The number of nitrogens with zero attached hydrogens (tertiary/aromatic N) is 1. The Bertz CT molecular complexity index is 477. The van der Waals surface area contributed by atoms with Crippen molar-refractivity contribution in [2.24, 2.45) is 0 Å². The van der Waals surface area contributed by atoms with E-state index in [1.807, 2.05) is 19.9 Å². The fourth-order valence-corrected chi connectivity index (χ4v) is 1.78. The molecule has 0 aliphatic carbocycles. The highest BCUT2D eigenvalue weighted by molar-refractivity contribution is 5.90. The van der Waals surface area contributed by atoms with Crippen LogP contribution in [-0.4, -0.2) is 10.1 Å². The van der Waals surface area contributed by atoms with Crippen molar-refractivity contribution < 1.29 is 5.11 Å². The van der Waals surface area contributed by atoms with Gasteiger partial charge in [0.25, 0.3) is 0 Å². The molecule has 2 aromatic rings. The third kappa shape index (κ3) is 1.33. The van der Waals surface area contributed by atoms with Crippen LogP contribution in [-0.2, 0) is 6.42 Å². The van der Waals surface area contributed by atoms with Crippen LogP contribution in [0.25, 0.3) is 10.8 Å². The highest BCUT2D eigenvalue weighted by atomic mass is 16.3. The van der Waals surface area contributed by atoms with Crippen molar-refractivity contribution in [1.82, 2.24) is 4.98 Å². The van der Waals surface area contributed by atoms with E-state index in [1.54, 1.807) is 12.3 Å². The van der Waals surface area contributed by atoms with E-state index in [0.717, 1.165) is 28.5 Å². The van der Waals surface area contributed by atoms with Gasteiger partial charge in [0.1, 0.15) is 5.75 Å². The maximum Gasteiger partial charge on any atom is 0.125 e. The molecule has 0 saturated carbocycles. The minimum Gasteiger partial charge on any atom is -0.507 e. The number of phenols is 1. The Labute approximate surface area is 83.2 Å². The molecule has 0 saturated heterocycles. The third-order valence-electron chi connectivity index (χ3n) is 2.40. The Hall–Kier alpha value is -1.57. The molecule has 0 aliphatic rings. The zero-order valence-corrected chi connectivity index (χ0v) is 8.41. The number of hydrogen-bond donors (Lipinski definition) is 1. The first-order chi connectivity index (χ1) is 6.72. The lowest BCUT2D eigenvalue weighted by atomic mass is 10.0. The second kappa shape index (κ2) is 3.29. The molecule has 1 N–H and O–H groups in total. The normalized spacial score (nSPS) is 10.7. The minimum atomic E-state index is 0.338. The van der Waals surface area contributed by atoms with Crippen molar-refractivity contribution in [3.63, 3.8) is 0 Å². The lowest BCUT2D eigenvalue weighted by Gasteiger charge is -2.06. The fourth-order valence-electron chi connectivity index (χ4n) is 1.78. The predicted molar refractivity (Wildman–Crippen MR) is 57.5 cm³/mol. The van der Waals surface area contributed by atoms with Crippen LogP contribution in [0.2, 0.25) is 0 Å². The van der Waals surface area contributed by atoms with Crippen LogP contribution >= 0.6 is 0 Å². The van der Waals surface area contributed by atoms with Crippen LogP contribution in [0.3, 0.4) is 0 Å². The van der Waals surface area contributed by atoms with Crippen molar-refractivity contribution in [3.05, 3.63) is 35.7 Å². The van der Waals surface area contributed by atoms with Gasteiger partial charge in [-0.2, -0.15) is 0 Å². The molecule has 2 nitrogen and oxygen atoms in total. The summed E-state index contributed by atoms with van der Waals surface area (Å²) in [6.07, 6.45) is 2.63. The SMILES string of the molecule is CCc1nccc2cc(C)cc(O)c12. The number of fused-ring (bicyclic) bond motifs is 1. The second-order valence-electron chi connectivity index (χ2n) is 3.49. The summed E-state index contributed by atoms with van der Waals surface area (Å²) in [6, 6.07) is 5.78. The van der Waals surface area contributed by atoms with Gasteiger partial charge in [-0.3, -0.25) is 4.98 Å². The predicted octanol–water partition coefficient (Wildman–Crippen LogP) is 2.81. The zero-order chi connectivity index (χ0) is 10.1. The molecule has 0 fully saturated rings. The van der Waals surface area contributed by atoms with Crippen LogP contribution in [0.15, 0.2) is 24.4 Å². The first-order valence-corrected chi connectivity index (χ1v) is 4.79. The average Bonchev–Trinajstić information content (AvgIpc) is 2.16. The van der Waals surface area contributed by atoms with Crippen molar-refractivity contribution in [2.45, 2.75) is 20.3 Å². The number of hydrogen-bond acceptors (Lipinski definition) is 2. The van der Waals surface area contributed by atoms with Gasteiger partial charge in [0, 0.05) is 11.6 Å². The molecule has 0 atom stereocenters. The average molecular weight is 187 g/mol. The summed E-state index contributed by atoms with van der Waals surface area (Å²) < 4.78 is 0. The Morgan fingerprint density at radius 3 is 2.86 bits per heavy atom. The van der Waals surface area contributed by atoms with Crippen LogP contribution in [0, 0.1) is 6.92 Å². The highest BCUT2D eigenvalue weighted by Crippen LogP contribution is 2.28. The monoisotopic (exact) mass is 187 g/mol. The van der Waals surface area contributed by atoms with E-state index in [0.29, 0.717) is 5.75 Å². The molecule has 0 unspecified atom stereocenters. The van der Waals surface area contributed by atoms with E-state index in [-0.39, 0.29) is 0 Å². The molecule has 2 heteroatoms. The lowest BCUT2D eigenvalue weighted by Crippen LogP contribution is -1.89. The number of benzene rings is 1. The van der Waals surface area contributed by atoms with Gasteiger partial charge in [0.2, 0.25) is 0 Å². The molecule has 0 bridgehead atoms. The standard InChI is InChI=1S/C12H13NO/c1-3-10-12-9(4-5-13-10)6-8(2)7-11(12)14/h4-7,14H,3H2,1-2H3. The van der Waals surface area contributed by atoms with E-state index in [1.165, 1.54) is 0 Å². The zero-order valence-electron chi connectivity index (χ0n) is 8.41. The van der Waals surface area contributed by atoms with Crippen molar-refractivity contribution >= 4 is 10.8 Å². The van der Waals surface area contributed by atoms with E-state index in [2.05, 4.69) is 11.1 Å². The number of aryl methyl sites for hydroxylation is 2. The molecule has 14 heavy (non-hydrogen) atoms. The first kappa shape index (κ1) is 9.00. The second-order valence-corrected chi connectivity index (χ2v) is 3.49. The van der Waals surface area contributed by atoms with Gasteiger partial charge in [0.05, 0.1) is 5.69 Å². The molecule has 0 spiro atoms. The quantitative estimate of drug-likeness (QED) is 0.744. The van der Waals surface area contributed by atoms with Crippen molar-refractivity contribution in [1.29, 1.82) is 0 Å². The van der Waals surface area contributed by atoms with E-state index in [4.69, 9.17) is 0 Å². The molecule has 1 aromatic carbocycles. The number of pyridine rings is 1. The summed E-state index contributed by atoms with van der Waals surface area (Å²) in [5.41, 5.74) is 2.03. The summed E-state index contributed by atoms with van der Waals surface area (Å²) in [5, 5.41) is 11.8. The van der Waals surface area contributed by atoms with Crippen molar-refractivity contribution in [2.75, 3.05) is 0 Å². The summed E-state index contributed by atoms with van der Waals surface area (Å²) in [5.74, 6) is 0.338. The van der Waals surface area contributed by atoms with Crippen LogP contribution in [0.4, 0.5) is 0 Å². The summed E-state index contributed by atoms with van der Waals surface area (Å²) in [4.78, 5) is 4.26. The number of phenolic OH excluding ortho intramolecular Hbond substituents is 1. The molecule has 1 heterocycles. The van der Waals surface area contributed by atoms with Gasteiger partial charge in [-0.15, -0.1) is 0 Å². The Morgan fingerprint density at radius 1 is 1.36 bits per heavy atom. The summed E-state index contributed by atoms with van der Waals surface area (Å²) in [6.45, 7) is 4.02. The third-order valence-corrected chi connectivity index (χ3v) is 2.40. The van der Waals surface area contributed by atoms with Gasteiger partial charge >= 0.3 is 0 Å². The molecule has 1 aromatic heterocycles. The molecule has 72 valence electrons. The Kier molecular flexibility index (Phi) is 2.12.